The minimum Gasteiger partial charge on any atom is -0.457 e. The number of furan rings is 1. The topological polar surface area (TPSA) is 71.3 Å². The van der Waals surface area contributed by atoms with Crippen LogP contribution in [0.4, 0.5) is 4.79 Å². The van der Waals surface area contributed by atoms with Gasteiger partial charge in [-0.3, -0.25) is 10.1 Å². The van der Waals surface area contributed by atoms with E-state index in [-0.39, 0.29) is 5.70 Å². The fraction of sp³-hybridized carbons (Fsp3) is 0. The number of hydrogen-bond donors (Lipinski definition) is 2. The summed E-state index contributed by atoms with van der Waals surface area (Å²) in [6.07, 6.45) is 1.46. The molecule has 5 nitrogen and oxygen atoms in total. The zero-order chi connectivity index (χ0) is 15.0. The molecule has 0 saturated carbocycles. The van der Waals surface area contributed by atoms with Crippen LogP contribution in [0.2, 0.25) is 5.02 Å². The first kappa shape index (κ1) is 13.9. The van der Waals surface area contributed by atoms with Crippen LogP contribution in [0.15, 0.2) is 44.9 Å². The monoisotopic (exact) mass is 366 g/mol. The Hall–Kier alpha value is -2.05. The highest BCUT2D eigenvalue weighted by Crippen LogP contribution is 2.30. The zero-order valence-corrected chi connectivity index (χ0v) is 12.8. The van der Waals surface area contributed by atoms with Gasteiger partial charge in [0.05, 0.1) is 5.02 Å². The third-order valence-electron chi connectivity index (χ3n) is 2.84. The number of carbonyl (C=O) groups is 2. The predicted molar refractivity (Wildman–Crippen MR) is 81.5 cm³/mol. The third-order valence-corrected chi connectivity index (χ3v) is 4.07. The summed E-state index contributed by atoms with van der Waals surface area (Å²) in [6, 6.07) is 8.37. The summed E-state index contributed by atoms with van der Waals surface area (Å²) < 4.78 is 6.43. The second-order valence-corrected chi connectivity index (χ2v) is 5.56. The van der Waals surface area contributed by atoms with Gasteiger partial charge in [-0.1, -0.05) is 17.7 Å². The largest absolute Gasteiger partial charge is 0.457 e. The number of hydrogen-bond acceptors (Lipinski definition) is 3. The second-order valence-electron chi connectivity index (χ2n) is 4.30. The van der Waals surface area contributed by atoms with Gasteiger partial charge in [0, 0.05) is 16.1 Å². The molecule has 2 N–H and O–H groups in total. The van der Waals surface area contributed by atoms with Gasteiger partial charge in [0.1, 0.15) is 17.2 Å². The lowest BCUT2D eigenvalue weighted by Gasteiger charge is -2.00. The summed E-state index contributed by atoms with van der Waals surface area (Å²) in [7, 11) is 0. The molecular weight excluding hydrogens is 360 g/mol. The number of halogens is 2. The third kappa shape index (κ3) is 2.86. The van der Waals surface area contributed by atoms with Crippen molar-refractivity contribution in [2.24, 2.45) is 0 Å². The normalized spacial score (nSPS) is 16.2. The maximum Gasteiger partial charge on any atom is 0.326 e. The van der Waals surface area contributed by atoms with Crippen molar-refractivity contribution < 1.29 is 14.0 Å². The molecule has 0 bridgehead atoms. The SMILES string of the molecule is O=C1NC(=O)C(=Cc2ccc(-c3ccc(Br)c(Cl)c3)o2)N1. The van der Waals surface area contributed by atoms with Crippen molar-refractivity contribution in [1.82, 2.24) is 10.6 Å². The van der Waals surface area contributed by atoms with Gasteiger partial charge in [0.15, 0.2) is 0 Å². The number of amides is 3. The van der Waals surface area contributed by atoms with Gasteiger partial charge in [-0.05, 0) is 40.2 Å². The van der Waals surface area contributed by atoms with Crippen molar-refractivity contribution >= 4 is 45.5 Å². The van der Waals surface area contributed by atoms with Gasteiger partial charge in [-0.15, -0.1) is 0 Å². The summed E-state index contributed by atoms with van der Waals surface area (Å²) in [5.74, 6) is 0.585. The van der Waals surface area contributed by atoms with Crippen LogP contribution in [0, 0.1) is 0 Å². The van der Waals surface area contributed by atoms with Crippen LogP contribution in [0.3, 0.4) is 0 Å². The molecule has 2 heterocycles. The summed E-state index contributed by atoms with van der Waals surface area (Å²) >= 11 is 9.36. The molecule has 3 rings (SSSR count). The average Bonchev–Trinajstić information content (AvgIpc) is 3.01. The summed E-state index contributed by atoms with van der Waals surface area (Å²) in [5, 5.41) is 5.08. The standard InChI is InChI=1S/C14H8BrClN2O3/c15-9-3-1-7(5-10(9)16)12-4-2-8(21-12)6-11-13(19)18-14(20)17-11/h1-6H,(H2,17,18,19,20). The van der Waals surface area contributed by atoms with Gasteiger partial charge in [-0.25, -0.2) is 4.79 Å². The van der Waals surface area contributed by atoms with Gasteiger partial charge in [0.25, 0.3) is 5.91 Å². The lowest BCUT2D eigenvalue weighted by molar-refractivity contribution is -0.115. The summed E-state index contributed by atoms with van der Waals surface area (Å²) in [6.45, 7) is 0. The van der Waals surface area contributed by atoms with Crippen molar-refractivity contribution in [2.45, 2.75) is 0 Å². The van der Waals surface area contributed by atoms with E-state index in [4.69, 9.17) is 16.0 Å². The Labute approximate surface area is 133 Å². The molecule has 1 saturated heterocycles. The minimum atomic E-state index is -0.544. The molecule has 0 aliphatic carbocycles. The van der Waals surface area contributed by atoms with Crippen molar-refractivity contribution in [3.05, 3.63) is 51.3 Å². The summed E-state index contributed by atoms with van der Waals surface area (Å²) in [4.78, 5) is 22.4. The molecule has 106 valence electrons. The number of imide groups is 1. The Bertz CT molecular complexity index is 782. The van der Waals surface area contributed by atoms with Gasteiger partial charge in [0.2, 0.25) is 0 Å². The molecule has 21 heavy (non-hydrogen) atoms. The maximum atomic E-state index is 11.4. The highest BCUT2D eigenvalue weighted by molar-refractivity contribution is 9.10. The predicted octanol–water partition coefficient (Wildman–Crippen LogP) is 3.54. The molecule has 1 aromatic carbocycles. The average molecular weight is 368 g/mol. The minimum absolute atomic E-state index is 0.148. The Morgan fingerprint density at radius 1 is 1.14 bits per heavy atom. The lowest BCUT2D eigenvalue weighted by atomic mass is 10.2. The van der Waals surface area contributed by atoms with Crippen LogP contribution in [-0.4, -0.2) is 11.9 Å². The fourth-order valence-corrected chi connectivity index (χ4v) is 2.29. The molecule has 1 fully saturated rings. The highest BCUT2D eigenvalue weighted by Gasteiger charge is 2.23. The van der Waals surface area contributed by atoms with Crippen LogP contribution < -0.4 is 10.6 Å². The van der Waals surface area contributed by atoms with Crippen molar-refractivity contribution in [3.63, 3.8) is 0 Å². The molecule has 2 aromatic rings. The number of nitrogens with one attached hydrogen (secondary N) is 2. The van der Waals surface area contributed by atoms with Crippen LogP contribution in [0.25, 0.3) is 17.4 Å². The molecular formula is C14H8BrClN2O3. The molecule has 3 amide bonds. The van der Waals surface area contributed by atoms with E-state index in [9.17, 15) is 9.59 Å². The number of rotatable bonds is 2. The molecule has 0 radical (unpaired) electrons. The second kappa shape index (κ2) is 5.38. The quantitative estimate of drug-likeness (QED) is 0.630. The van der Waals surface area contributed by atoms with Gasteiger partial charge >= 0.3 is 6.03 Å². The lowest BCUT2D eigenvalue weighted by Crippen LogP contribution is -2.22. The Morgan fingerprint density at radius 3 is 2.62 bits per heavy atom. The van der Waals surface area contributed by atoms with Gasteiger partial charge in [-0.2, -0.15) is 0 Å². The molecule has 1 aliphatic rings. The molecule has 0 unspecified atom stereocenters. The Balaban J connectivity index is 1.90. The number of urea groups is 1. The number of benzene rings is 1. The van der Waals surface area contributed by atoms with E-state index < -0.39 is 11.9 Å². The van der Waals surface area contributed by atoms with Crippen molar-refractivity contribution in [2.75, 3.05) is 0 Å². The first-order chi connectivity index (χ1) is 10.0. The smallest absolute Gasteiger partial charge is 0.326 e. The zero-order valence-electron chi connectivity index (χ0n) is 10.4. The van der Waals surface area contributed by atoms with Crippen LogP contribution in [-0.2, 0) is 4.79 Å². The Kier molecular flexibility index (Phi) is 3.57. The van der Waals surface area contributed by atoms with Crippen LogP contribution >= 0.6 is 27.5 Å². The maximum absolute atomic E-state index is 11.4. The molecule has 1 aliphatic heterocycles. The summed E-state index contributed by atoms with van der Waals surface area (Å²) in [5.41, 5.74) is 0.961. The van der Waals surface area contributed by atoms with E-state index >= 15 is 0 Å². The molecule has 0 spiro atoms. The Morgan fingerprint density at radius 2 is 1.95 bits per heavy atom. The van der Waals surface area contributed by atoms with Gasteiger partial charge < -0.3 is 9.73 Å². The number of carbonyl (C=O) groups excluding carboxylic acids is 2. The molecule has 0 atom stereocenters. The first-order valence-electron chi connectivity index (χ1n) is 5.92. The van der Waals surface area contributed by atoms with E-state index in [0.29, 0.717) is 16.5 Å². The molecule has 7 heteroatoms. The molecule has 1 aromatic heterocycles. The van der Waals surface area contributed by atoms with Crippen LogP contribution in [0.1, 0.15) is 5.76 Å². The van der Waals surface area contributed by atoms with Crippen molar-refractivity contribution in [3.8, 4) is 11.3 Å². The highest BCUT2D eigenvalue weighted by atomic mass is 79.9. The van der Waals surface area contributed by atoms with E-state index in [1.54, 1.807) is 18.2 Å². The van der Waals surface area contributed by atoms with E-state index in [0.717, 1.165) is 10.0 Å². The fourth-order valence-electron chi connectivity index (χ4n) is 1.86. The van der Waals surface area contributed by atoms with E-state index in [1.165, 1.54) is 6.08 Å². The first-order valence-corrected chi connectivity index (χ1v) is 7.09. The van der Waals surface area contributed by atoms with E-state index in [2.05, 4.69) is 26.6 Å². The van der Waals surface area contributed by atoms with Crippen LogP contribution in [0.5, 0.6) is 0 Å². The van der Waals surface area contributed by atoms with Crippen molar-refractivity contribution in [1.29, 1.82) is 0 Å². The van der Waals surface area contributed by atoms with E-state index in [1.807, 2.05) is 12.1 Å².